The molecule has 4 bridgehead atoms. The van der Waals surface area contributed by atoms with Gasteiger partial charge in [-0.3, -0.25) is 0 Å². The first-order chi connectivity index (χ1) is 8.81. The lowest BCUT2D eigenvalue weighted by Gasteiger charge is -2.54. The molecule has 0 atom stereocenters. The third kappa shape index (κ3) is 1.69. The van der Waals surface area contributed by atoms with E-state index < -0.39 is 0 Å². The number of rotatable bonds is 3. The molecule has 5 rings (SSSR count). The minimum Gasteiger partial charge on any atom is -0.339 e. The smallest absolute Gasteiger partial charge is 0.226 e. The van der Waals surface area contributed by atoms with E-state index >= 15 is 0 Å². The number of aromatic nitrogens is 2. The fraction of sp³-hybridized carbons (Fsp3) is 0.857. The van der Waals surface area contributed by atoms with Gasteiger partial charge in [-0.05, 0) is 61.7 Å². The van der Waals surface area contributed by atoms with Crippen molar-refractivity contribution in [3.8, 4) is 0 Å². The van der Waals surface area contributed by atoms with Crippen LogP contribution in [0.1, 0.15) is 43.8 Å². The van der Waals surface area contributed by atoms with E-state index in [0.29, 0.717) is 12.4 Å². The quantitative estimate of drug-likeness (QED) is 0.888. The van der Waals surface area contributed by atoms with Gasteiger partial charge in [0.15, 0.2) is 5.82 Å². The monoisotopic (exact) mass is 247 g/mol. The number of hydrogen-bond acceptors (Lipinski definition) is 4. The van der Waals surface area contributed by atoms with Crippen molar-refractivity contribution in [2.24, 2.45) is 35.3 Å². The zero-order chi connectivity index (χ0) is 12.1. The first kappa shape index (κ1) is 11.0. The molecule has 4 saturated carbocycles. The van der Waals surface area contributed by atoms with E-state index in [9.17, 15) is 0 Å². The molecule has 0 saturated heterocycles. The summed E-state index contributed by atoms with van der Waals surface area (Å²) in [5.41, 5.74) is 5.53. The van der Waals surface area contributed by atoms with Crippen LogP contribution in [-0.4, -0.2) is 10.1 Å². The minimum absolute atomic E-state index is 0.380. The minimum atomic E-state index is 0.380. The molecule has 2 N–H and O–H groups in total. The zero-order valence-corrected chi connectivity index (χ0v) is 10.7. The van der Waals surface area contributed by atoms with Crippen molar-refractivity contribution in [3.63, 3.8) is 0 Å². The predicted octanol–water partition coefficient (Wildman–Crippen LogP) is 2.14. The summed E-state index contributed by atoms with van der Waals surface area (Å²) in [5, 5.41) is 3.91. The van der Waals surface area contributed by atoms with Crippen LogP contribution in [0.15, 0.2) is 4.52 Å². The Hall–Kier alpha value is -0.900. The highest BCUT2D eigenvalue weighted by atomic mass is 16.5. The zero-order valence-electron chi connectivity index (χ0n) is 10.7. The van der Waals surface area contributed by atoms with E-state index in [-0.39, 0.29) is 0 Å². The van der Waals surface area contributed by atoms with Gasteiger partial charge in [-0.25, -0.2) is 0 Å². The molecule has 0 aliphatic heterocycles. The van der Waals surface area contributed by atoms with Crippen LogP contribution >= 0.6 is 0 Å². The van der Waals surface area contributed by atoms with Crippen molar-refractivity contribution in [1.82, 2.24) is 10.1 Å². The summed E-state index contributed by atoms with van der Waals surface area (Å²) in [7, 11) is 0. The molecule has 1 aromatic rings. The average Bonchev–Trinajstić information content (AvgIpc) is 2.80. The van der Waals surface area contributed by atoms with E-state index in [1.54, 1.807) is 0 Å². The Kier molecular flexibility index (Phi) is 2.47. The van der Waals surface area contributed by atoms with Gasteiger partial charge in [-0.2, -0.15) is 4.98 Å². The summed E-state index contributed by atoms with van der Waals surface area (Å²) in [4.78, 5) is 4.38. The van der Waals surface area contributed by atoms with E-state index in [1.807, 2.05) is 0 Å². The molecular weight excluding hydrogens is 226 g/mol. The maximum atomic E-state index is 5.53. The Morgan fingerprint density at radius 2 is 1.72 bits per heavy atom. The highest BCUT2D eigenvalue weighted by molar-refractivity contribution is 5.01. The third-order valence-corrected chi connectivity index (χ3v) is 5.53. The third-order valence-electron chi connectivity index (χ3n) is 5.53. The first-order valence-electron chi connectivity index (χ1n) is 7.33. The van der Waals surface area contributed by atoms with Gasteiger partial charge in [0.2, 0.25) is 5.89 Å². The van der Waals surface area contributed by atoms with Crippen LogP contribution in [0.25, 0.3) is 0 Å². The Labute approximate surface area is 107 Å². The van der Waals surface area contributed by atoms with Crippen LogP contribution in [0.3, 0.4) is 0 Å². The number of hydrogen-bond donors (Lipinski definition) is 1. The molecular formula is C14H21N3O. The summed E-state index contributed by atoms with van der Waals surface area (Å²) in [6, 6.07) is 0. The molecule has 98 valence electrons. The summed E-state index contributed by atoms with van der Waals surface area (Å²) < 4.78 is 5.32. The molecule has 1 aromatic heterocycles. The second-order valence-corrected chi connectivity index (χ2v) is 6.61. The number of nitrogens with zero attached hydrogens (tertiary/aromatic N) is 2. The SMILES string of the molecule is NCc1noc(CC2C3CC4CC(C3)CC2C4)n1. The van der Waals surface area contributed by atoms with Crippen LogP contribution in [0, 0.1) is 29.6 Å². The molecule has 4 aliphatic carbocycles. The summed E-state index contributed by atoms with van der Waals surface area (Å²) in [6.07, 6.45) is 8.32. The predicted molar refractivity (Wildman–Crippen MR) is 66.4 cm³/mol. The van der Waals surface area contributed by atoms with E-state index in [2.05, 4.69) is 10.1 Å². The van der Waals surface area contributed by atoms with E-state index in [0.717, 1.165) is 41.9 Å². The van der Waals surface area contributed by atoms with Gasteiger partial charge >= 0.3 is 0 Å². The van der Waals surface area contributed by atoms with Crippen LogP contribution in [0.2, 0.25) is 0 Å². The lowest BCUT2D eigenvalue weighted by Crippen LogP contribution is -2.45. The normalized spacial score (nSPS) is 41.5. The van der Waals surface area contributed by atoms with Gasteiger partial charge in [0.25, 0.3) is 0 Å². The maximum absolute atomic E-state index is 5.53. The largest absolute Gasteiger partial charge is 0.339 e. The average molecular weight is 247 g/mol. The van der Waals surface area contributed by atoms with Gasteiger partial charge in [-0.15, -0.1) is 0 Å². The fourth-order valence-electron chi connectivity index (χ4n) is 5.03. The fourth-order valence-corrected chi connectivity index (χ4v) is 5.03. The highest BCUT2D eigenvalue weighted by Crippen LogP contribution is 2.57. The van der Waals surface area contributed by atoms with Crippen molar-refractivity contribution in [3.05, 3.63) is 11.7 Å². The Morgan fingerprint density at radius 3 is 2.28 bits per heavy atom. The molecule has 0 unspecified atom stereocenters. The molecule has 4 aliphatic rings. The van der Waals surface area contributed by atoms with Crippen LogP contribution < -0.4 is 5.73 Å². The molecule has 0 aromatic carbocycles. The molecule has 4 nitrogen and oxygen atoms in total. The van der Waals surface area contributed by atoms with Gasteiger partial charge in [0.1, 0.15) is 0 Å². The molecule has 4 heteroatoms. The highest BCUT2D eigenvalue weighted by Gasteiger charge is 2.48. The summed E-state index contributed by atoms with van der Waals surface area (Å²) in [5.74, 6) is 6.17. The first-order valence-corrected chi connectivity index (χ1v) is 7.33. The maximum Gasteiger partial charge on any atom is 0.226 e. The van der Waals surface area contributed by atoms with Crippen LogP contribution in [-0.2, 0) is 13.0 Å². The van der Waals surface area contributed by atoms with E-state index in [1.165, 1.54) is 32.1 Å². The van der Waals surface area contributed by atoms with Crippen LogP contribution in [0.4, 0.5) is 0 Å². The van der Waals surface area contributed by atoms with Crippen LogP contribution in [0.5, 0.6) is 0 Å². The van der Waals surface area contributed by atoms with Gasteiger partial charge in [0, 0.05) is 6.42 Å². The van der Waals surface area contributed by atoms with Gasteiger partial charge < -0.3 is 10.3 Å². The Bertz CT molecular complexity index is 414. The lowest BCUT2D eigenvalue weighted by molar-refractivity contribution is -0.0385. The van der Waals surface area contributed by atoms with Gasteiger partial charge in [-0.1, -0.05) is 5.16 Å². The van der Waals surface area contributed by atoms with Crippen molar-refractivity contribution in [2.45, 2.75) is 45.1 Å². The molecule has 4 fully saturated rings. The topological polar surface area (TPSA) is 64.9 Å². The second-order valence-electron chi connectivity index (χ2n) is 6.61. The van der Waals surface area contributed by atoms with Crippen molar-refractivity contribution in [1.29, 1.82) is 0 Å². The van der Waals surface area contributed by atoms with Gasteiger partial charge in [0.05, 0.1) is 6.54 Å². The molecule has 18 heavy (non-hydrogen) atoms. The van der Waals surface area contributed by atoms with Crippen molar-refractivity contribution in [2.75, 3.05) is 0 Å². The van der Waals surface area contributed by atoms with Crippen molar-refractivity contribution >= 4 is 0 Å². The second kappa shape index (κ2) is 4.05. The Balaban J connectivity index is 1.51. The molecule has 0 radical (unpaired) electrons. The molecule has 0 spiro atoms. The standard InChI is InChI=1S/C14H21N3O/c15-7-13-16-14(18-17-13)6-12-10-2-8-1-9(4-10)5-11(12)3-8/h8-12H,1-7,15H2. The van der Waals surface area contributed by atoms with E-state index in [4.69, 9.17) is 10.3 Å². The summed E-state index contributed by atoms with van der Waals surface area (Å²) in [6.45, 7) is 0.380. The van der Waals surface area contributed by atoms with Crippen molar-refractivity contribution < 1.29 is 4.52 Å². The lowest BCUT2D eigenvalue weighted by atomic mass is 9.51. The summed E-state index contributed by atoms with van der Waals surface area (Å²) >= 11 is 0. The molecule has 0 amide bonds. The molecule has 1 heterocycles. The Morgan fingerprint density at radius 1 is 1.06 bits per heavy atom. The number of nitrogens with two attached hydrogens (primary N) is 1.